The van der Waals surface area contributed by atoms with Crippen LogP contribution >= 0.6 is 0 Å². The van der Waals surface area contributed by atoms with Gasteiger partial charge in [0, 0.05) is 38.5 Å². The molecule has 0 unspecified atom stereocenters. The Morgan fingerprint density at radius 1 is 0.881 bits per heavy atom. The number of ketones is 1. The van der Waals surface area contributed by atoms with Crippen molar-refractivity contribution in [2.24, 2.45) is 23.2 Å². The molecule has 2 aliphatic rings. The Kier molecular flexibility index (Phi) is 10.2. The smallest absolute Gasteiger partial charge is 0.338 e. The van der Waals surface area contributed by atoms with E-state index in [1.165, 1.54) is 20.8 Å². The zero-order valence-corrected chi connectivity index (χ0v) is 25.7. The number of carbonyl (C=O) groups excluding carboxylic acids is 5. The number of Topliss-reactive ketones (excluding diaryl/α,β-unsaturated/α-hetero) is 1. The second-order valence-electron chi connectivity index (χ2n) is 12.1. The van der Waals surface area contributed by atoms with Gasteiger partial charge in [-0.25, -0.2) is 4.79 Å². The van der Waals surface area contributed by atoms with E-state index in [0.717, 1.165) is 0 Å². The van der Waals surface area contributed by atoms with E-state index < -0.39 is 65.0 Å². The molecule has 7 atom stereocenters. The average molecular weight is 583 g/mol. The van der Waals surface area contributed by atoms with E-state index in [-0.39, 0.29) is 24.5 Å². The van der Waals surface area contributed by atoms with E-state index in [2.05, 4.69) is 0 Å². The largest absolute Gasteiger partial charge is 0.458 e. The van der Waals surface area contributed by atoms with E-state index in [9.17, 15) is 24.0 Å². The van der Waals surface area contributed by atoms with Crippen molar-refractivity contribution >= 4 is 29.7 Å². The maximum atomic E-state index is 13.4. The monoisotopic (exact) mass is 582 g/mol. The summed E-state index contributed by atoms with van der Waals surface area (Å²) in [6, 6.07) is 8.52. The lowest BCUT2D eigenvalue weighted by Gasteiger charge is -2.43. The van der Waals surface area contributed by atoms with Gasteiger partial charge in [0.15, 0.2) is 5.60 Å². The van der Waals surface area contributed by atoms with Crippen LogP contribution in [0.25, 0.3) is 0 Å². The van der Waals surface area contributed by atoms with Crippen LogP contribution in [0, 0.1) is 23.2 Å². The lowest BCUT2D eigenvalue weighted by atomic mass is 9.75. The maximum Gasteiger partial charge on any atom is 0.338 e. The summed E-state index contributed by atoms with van der Waals surface area (Å²) in [7, 11) is 0. The van der Waals surface area contributed by atoms with Gasteiger partial charge in [0.05, 0.1) is 11.5 Å². The number of hydrogen-bond donors (Lipinski definition) is 0. The van der Waals surface area contributed by atoms with Crippen LogP contribution in [0.3, 0.4) is 0 Å². The normalized spacial score (nSPS) is 31.7. The SMILES string of the molecule is CC(=O)O[C@H]1CC(=O)C(C)(C)/C=C\[C@H](C)[C@@H](OC(C)=O)[C@]2(OC(C)=O)C[C@@H](C)[C@@H](OC(=O)c3ccccc3)[C@@H]2C=C1C. The lowest BCUT2D eigenvalue weighted by molar-refractivity contribution is -0.195. The van der Waals surface area contributed by atoms with Crippen molar-refractivity contribution in [2.75, 3.05) is 0 Å². The summed E-state index contributed by atoms with van der Waals surface area (Å²) in [5.74, 6) is -4.12. The Balaban J connectivity index is 2.29. The van der Waals surface area contributed by atoms with Gasteiger partial charge in [-0.2, -0.15) is 0 Å². The number of esters is 4. The summed E-state index contributed by atoms with van der Waals surface area (Å²) in [4.78, 5) is 64.0. The summed E-state index contributed by atoms with van der Waals surface area (Å²) in [5.41, 5.74) is -1.51. The van der Waals surface area contributed by atoms with Crippen LogP contribution in [0.5, 0.6) is 0 Å². The summed E-state index contributed by atoms with van der Waals surface area (Å²) in [6.45, 7) is 12.8. The van der Waals surface area contributed by atoms with Gasteiger partial charge in [0.25, 0.3) is 0 Å². The van der Waals surface area contributed by atoms with Gasteiger partial charge in [-0.1, -0.05) is 50.3 Å². The van der Waals surface area contributed by atoms with Crippen LogP contribution < -0.4 is 0 Å². The molecule has 0 amide bonds. The van der Waals surface area contributed by atoms with Gasteiger partial charge in [-0.15, -0.1) is 0 Å². The van der Waals surface area contributed by atoms with Crippen molar-refractivity contribution in [1.82, 2.24) is 0 Å². The van der Waals surface area contributed by atoms with E-state index in [1.807, 2.05) is 13.8 Å². The highest BCUT2D eigenvalue weighted by Crippen LogP contribution is 2.51. The summed E-state index contributed by atoms with van der Waals surface area (Å²) in [6.07, 6.45) is 2.67. The molecular formula is C33H42O9. The molecular weight excluding hydrogens is 540 g/mol. The van der Waals surface area contributed by atoms with Crippen molar-refractivity contribution in [1.29, 1.82) is 0 Å². The zero-order valence-electron chi connectivity index (χ0n) is 25.7. The summed E-state index contributed by atoms with van der Waals surface area (Å²) < 4.78 is 23.8. The summed E-state index contributed by atoms with van der Waals surface area (Å²) in [5, 5.41) is 0. The van der Waals surface area contributed by atoms with Crippen molar-refractivity contribution in [3.05, 3.63) is 59.7 Å². The molecule has 0 saturated heterocycles. The third-order valence-electron chi connectivity index (χ3n) is 8.12. The van der Waals surface area contributed by atoms with Crippen molar-refractivity contribution in [3.63, 3.8) is 0 Å². The number of allylic oxidation sites excluding steroid dienone is 1. The maximum absolute atomic E-state index is 13.4. The molecule has 1 fully saturated rings. The number of rotatable bonds is 5. The van der Waals surface area contributed by atoms with Crippen molar-refractivity contribution < 1.29 is 42.9 Å². The van der Waals surface area contributed by atoms with E-state index in [0.29, 0.717) is 11.1 Å². The minimum atomic E-state index is -1.45. The molecule has 0 aliphatic heterocycles. The first-order chi connectivity index (χ1) is 19.6. The third kappa shape index (κ3) is 7.36. The highest BCUT2D eigenvalue weighted by molar-refractivity contribution is 5.89. The van der Waals surface area contributed by atoms with Gasteiger partial charge in [0.2, 0.25) is 0 Å². The lowest BCUT2D eigenvalue weighted by Crippen LogP contribution is -2.55. The Bertz CT molecular complexity index is 1260. The Morgan fingerprint density at radius 3 is 2.07 bits per heavy atom. The number of benzene rings is 1. The molecule has 1 aromatic rings. The molecule has 0 aromatic heterocycles. The molecule has 0 spiro atoms. The van der Waals surface area contributed by atoms with Gasteiger partial charge in [-0.3, -0.25) is 19.2 Å². The van der Waals surface area contributed by atoms with Crippen LogP contribution in [0.4, 0.5) is 0 Å². The van der Waals surface area contributed by atoms with Crippen molar-refractivity contribution in [2.45, 2.75) is 92.1 Å². The second-order valence-corrected chi connectivity index (χ2v) is 12.1. The van der Waals surface area contributed by atoms with Crippen LogP contribution in [0.1, 0.15) is 78.6 Å². The van der Waals surface area contributed by atoms with Gasteiger partial charge >= 0.3 is 23.9 Å². The number of carbonyl (C=O) groups is 5. The second kappa shape index (κ2) is 13.0. The molecule has 9 nitrogen and oxygen atoms in total. The first-order valence-corrected chi connectivity index (χ1v) is 14.3. The third-order valence-corrected chi connectivity index (χ3v) is 8.12. The first kappa shape index (κ1) is 32.8. The van der Waals surface area contributed by atoms with E-state index in [4.69, 9.17) is 18.9 Å². The Morgan fingerprint density at radius 2 is 1.50 bits per heavy atom. The Hall–Kier alpha value is -3.75. The Labute approximate surface area is 247 Å². The minimum Gasteiger partial charge on any atom is -0.458 e. The molecule has 1 aromatic carbocycles. The highest BCUT2D eigenvalue weighted by atomic mass is 16.6. The van der Waals surface area contributed by atoms with Crippen LogP contribution in [0.2, 0.25) is 0 Å². The fourth-order valence-electron chi connectivity index (χ4n) is 6.05. The molecule has 0 N–H and O–H groups in total. The fraction of sp³-hybridized carbons (Fsp3) is 0.545. The standard InChI is InChI=1S/C33H42O9/c1-19-14-15-32(7,8)28(37)17-27(39-22(4)34)20(2)16-26-29(41-31(38)25-12-10-9-11-13-25)21(3)18-33(26,42-24(6)36)30(19)40-23(5)35/h9-16,19,21,26-27,29-30H,17-18H2,1-8H3/b15-14-,20-16?/t19-,21+,26-,27-,29+,30+,33-/m0/s1. The predicted molar refractivity (Wildman–Crippen MR) is 154 cm³/mol. The molecule has 42 heavy (non-hydrogen) atoms. The molecule has 228 valence electrons. The molecule has 2 aliphatic carbocycles. The van der Waals surface area contributed by atoms with Gasteiger partial charge < -0.3 is 18.9 Å². The highest BCUT2D eigenvalue weighted by Gasteiger charge is 2.62. The van der Waals surface area contributed by atoms with Gasteiger partial charge in [0.1, 0.15) is 24.1 Å². The minimum absolute atomic E-state index is 0.0850. The fourth-order valence-corrected chi connectivity index (χ4v) is 6.05. The molecule has 1 saturated carbocycles. The number of ether oxygens (including phenoxy) is 4. The molecule has 3 rings (SSSR count). The molecule has 0 heterocycles. The molecule has 0 radical (unpaired) electrons. The van der Waals surface area contributed by atoms with Crippen LogP contribution in [-0.4, -0.2) is 53.6 Å². The number of fused-ring (bicyclic) bond motifs is 1. The van der Waals surface area contributed by atoms with Crippen molar-refractivity contribution in [3.8, 4) is 0 Å². The zero-order chi connectivity index (χ0) is 31.4. The van der Waals surface area contributed by atoms with Crippen LogP contribution in [0.15, 0.2) is 54.1 Å². The number of hydrogen-bond acceptors (Lipinski definition) is 9. The van der Waals surface area contributed by atoms with Gasteiger partial charge in [-0.05, 0) is 50.8 Å². The quantitative estimate of drug-likeness (QED) is 0.263. The van der Waals surface area contributed by atoms with E-state index in [1.54, 1.807) is 69.3 Å². The van der Waals surface area contributed by atoms with E-state index >= 15 is 0 Å². The molecule has 0 bridgehead atoms. The van der Waals surface area contributed by atoms with Crippen LogP contribution in [-0.2, 0) is 38.1 Å². The topological polar surface area (TPSA) is 122 Å². The predicted octanol–water partition coefficient (Wildman–Crippen LogP) is 5.17. The molecule has 9 heteroatoms. The average Bonchev–Trinajstić information content (AvgIpc) is 3.14. The summed E-state index contributed by atoms with van der Waals surface area (Å²) >= 11 is 0. The first-order valence-electron chi connectivity index (χ1n) is 14.3.